The first-order chi connectivity index (χ1) is 18.4. The van der Waals surface area contributed by atoms with Crippen molar-refractivity contribution < 1.29 is 19.4 Å². The van der Waals surface area contributed by atoms with Crippen LogP contribution in [0.5, 0.6) is 5.75 Å². The van der Waals surface area contributed by atoms with E-state index in [1.54, 1.807) is 19.2 Å². The summed E-state index contributed by atoms with van der Waals surface area (Å²) in [5, 5.41) is 12.4. The van der Waals surface area contributed by atoms with Gasteiger partial charge in [-0.1, -0.05) is 75.4 Å². The second-order valence-corrected chi connectivity index (χ2v) is 9.40. The lowest BCUT2D eigenvalue weighted by Gasteiger charge is -2.29. The molecule has 0 bridgehead atoms. The molecule has 0 saturated heterocycles. The van der Waals surface area contributed by atoms with Gasteiger partial charge in [0.15, 0.2) is 0 Å². The first kappa shape index (κ1) is 28.5. The second-order valence-electron chi connectivity index (χ2n) is 9.40. The van der Waals surface area contributed by atoms with Crippen LogP contribution in [0.1, 0.15) is 60.2 Å². The lowest BCUT2D eigenvalue weighted by Crippen LogP contribution is -2.36. The monoisotopic (exact) mass is 514 g/mol. The van der Waals surface area contributed by atoms with Crippen LogP contribution in [0, 0.1) is 5.92 Å². The minimum atomic E-state index is -1.01. The van der Waals surface area contributed by atoms with Gasteiger partial charge in [0.05, 0.1) is 12.1 Å². The maximum Gasteiger partial charge on any atom is 0.335 e. The number of likely N-dealkylation sites (N-methyl/N-ethyl adjacent to an activating group) is 1. The van der Waals surface area contributed by atoms with E-state index < -0.39 is 5.97 Å². The van der Waals surface area contributed by atoms with E-state index in [-0.39, 0.29) is 23.9 Å². The number of allylic oxidation sites excluding steroid dienone is 1. The Morgan fingerprint density at radius 3 is 2.32 bits per heavy atom. The second kappa shape index (κ2) is 14.0. The lowest BCUT2D eigenvalue weighted by molar-refractivity contribution is -0.119. The highest BCUT2D eigenvalue weighted by Gasteiger charge is 2.22. The third-order valence-corrected chi connectivity index (χ3v) is 6.71. The molecule has 3 aromatic carbocycles. The highest BCUT2D eigenvalue weighted by atomic mass is 16.5. The molecule has 0 heterocycles. The average Bonchev–Trinajstić information content (AvgIpc) is 2.94. The molecule has 0 aliphatic rings. The van der Waals surface area contributed by atoms with Crippen molar-refractivity contribution in [3.63, 3.8) is 0 Å². The van der Waals surface area contributed by atoms with Crippen LogP contribution < -0.4 is 15.0 Å². The van der Waals surface area contributed by atoms with Gasteiger partial charge in [0.1, 0.15) is 12.4 Å². The van der Waals surface area contributed by atoms with E-state index in [9.17, 15) is 14.7 Å². The number of benzene rings is 3. The Morgan fingerprint density at radius 2 is 1.71 bits per heavy atom. The summed E-state index contributed by atoms with van der Waals surface area (Å²) in [6.45, 7) is 9.67. The molecule has 2 N–H and O–H groups in total. The zero-order chi connectivity index (χ0) is 27.5. The Bertz CT molecular complexity index is 1220. The van der Waals surface area contributed by atoms with Crippen LogP contribution in [0.25, 0.3) is 5.57 Å². The Balaban J connectivity index is 1.91. The number of rotatable bonds is 14. The molecular weight excluding hydrogens is 476 g/mol. The van der Waals surface area contributed by atoms with Crippen LogP contribution in [0.2, 0.25) is 0 Å². The van der Waals surface area contributed by atoms with Crippen LogP contribution in [0.15, 0.2) is 79.4 Å². The van der Waals surface area contributed by atoms with Gasteiger partial charge in [-0.05, 0) is 59.7 Å². The van der Waals surface area contributed by atoms with Gasteiger partial charge in [-0.15, -0.1) is 0 Å². The lowest BCUT2D eigenvalue weighted by atomic mass is 9.86. The Kier molecular flexibility index (Phi) is 10.5. The summed E-state index contributed by atoms with van der Waals surface area (Å²) in [6, 6.07) is 22.8. The Labute approximate surface area is 226 Å². The zero-order valence-corrected chi connectivity index (χ0v) is 22.6. The molecule has 0 aliphatic heterocycles. The number of nitrogens with zero attached hydrogens (tertiary/aromatic N) is 1. The number of hydrogen-bond donors (Lipinski definition) is 2. The van der Waals surface area contributed by atoms with Gasteiger partial charge in [-0.3, -0.25) is 4.79 Å². The van der Waals surface area contributed by atoms with E-state index in [0.29, 0.717) is 18.8 Å². The van der Waals surface area contributed by atoms with Gasteiger partial charge >= 0.3 is 5.97 Å². The molecule has 0 fully saturated rings. The molecule has 1 unspecified atom stereocenters. The molecular formula is C32H38N2O4. The number of carboxylic acids is 1. The van der Waals surface area contributed by atoms with Gasteiger partial charge in [0.25, 0.3) is 0 Å². The molecule has 38 heavy (non-hydrogen) atoms. The third-order valence-electron chi connectivity index (χ3n) is 6.71. The molecule has 6 heteroatoms. The molecule has 0 saturated carbocycles. The van der Waals surface area contributed by atoms with Crippen molar-refractivity contribution in [3.8, 4) is 5.75 Å². The highest BCUT2D eigenvalue weighted by molar-refractivity contribution is 5.92. The molecule has 0 aliphatic carbocycles. The van der Waals surface area contributed by atoms with Gasteiger partial charge in [-0.2, -0.15) is 0 Å². The molecule has 0 radical (unpaired) electrons. The van der Waals surface area contributed by atoms with Crippen LogP contribution in [-0.4, -0.2) is 30.6 Å². The fourth-order valence-electron chi connectivity index (χ4n) is 4.52. The number of hydrogen-bond acceptors (Lipinski definition) is 4. The molecule has 200 valence electrons. The normalized spacial score (nSPS) is 11.4. The van der Waals surface area contributed by atoms with E-state index in [1.807, 2.05) is 65.6 Å². The summed E-state index contributed by atoms with van der Waals surface area (Å²) < 4.78 is 5.92. The number of carbonyl (C=O) groups excluding carboxylic acids is 1. The van der Waals surface area contributed by atoms with E-state index in [0.717, 1.165) is 47.3 Å². The first-order valence-electron chi connectivity index (χ1n) is 13.1. The van der Waals surface area contributed by atoms with Crippen molar-refractivity contribution >= 4 is 23.1 Å². The number of carboxylic acid groups (broad SMARTS) is 1. The number of anilines is 1. The van der Waals surface area contributed by atoms with Crippen LogP contribution in [-0.2, 0) is 17.9 Å². The molecule has 0 aromatic heterocycles. The molecule has 6 nitrogen and oxygen atoms in total. The van der Waals surface area contributed by atoms with Gasteiger partial charge in [-0.25, -0.2) is 4.79 Å². The van der Waals surface area contributed by atoms with Gasteiger partial charge in [0.2, 0.25) is 5.91 Å². The molecule has 1 amide bonds. The topological polar surface area (TPSA) is 78.9 Å². The summed E-state index contributed by atoms with van der Waals surface area (Å²) in [6.07, 6.45) is 2.96. The van der Waals surface area contributed by atoms with Crippen molar-refractivity contribution in [1.29, 1.82) is 0 Å². The summed E-state index contributed by atoms with van der Waals surface area (Å²) in [4.78, 5) is 26.3. The summed E-state index contributed by atoms with van der Waals surface area (Å²) in [5.41, 5.74) is 4.77. The van der Waals surface area contributed by atoms with E-state index in [2.05, 4.69) is 25.7 Å². The average molecular weight is 515 g/mol. The largest absolute Gasteiger partial charge is 0.489 e. The minimum Gasteiger partial charge on any atom is -0.489 e. The predicted molar refractivity (Wildman–Crippen MR) is 153 cm³/mol. The number of ether oxygens (including phenoxy) is 1. The van der Waals surface area contributed by atoms with Crippen LogP contribution >= 0.6 is 0 Å². The SMILES string of the molecule is C=C(c1ccc(C(=O)O)cc1N(CC(=O)NC)Cc1ccc(OCc2ccccc2)cc1)C(CC)CCC. The van der Waals surface area contributed by atoms with E-state index in [1.165, 1.54) is 0 Å². The highest BCUT2D eigenvalue weighted by Crippen LogP contribution is 2.36. The van der Waals surface area contributed by atoms with Crippen LogP contribution in [0.4, 0.5) is 5.69 Å². The predicted octanol–water partition coefficient (Wildman–Crippen LogP) is 6.56. The maximum absolute atomic E-state index is 12.5. The van der Waals surface area contributed by atoms with E-state index in [4.69, 9.17) is 4.74 Å². The number of nitrogens with one attached hydrogen (secondary N) is 1. The number of aromatic carboxylic acids is 1. The third kappa shape index (κ3) is 7.72. The smallest absolute Gasteiger partial charge is 0.335 e. The quantitative estimate of drug-likeness (QED) is 0.255. The fourth-order valence-corrected chi connectivity index (χ4v) is 4.52. The maximum atomic E-state index is 12.5. The summed E-state index contributed by atoms with van der Waals surface area (Å²) in [7, 11) is 1.60. The summed E-state index contributed by atoms with van der Waals surface area (Å²) in [5.74, 6) is -0.144. The van der Waals surface area contributed by atoms with Crippen LogP contribution in [0.3, 0.4) is 0 Å². The first-order valence-corrected chi connectivity index (χ1v) is 13.1. The van der Waals surface area contributed by atoms with E-state index >= 15 is 0 Å². The zero-order valence-electron chi connectivity index (χ0n) is 22.6. The fraction of sp³-hybridized carbons (Fsp3) is 0.312. The van der Waals surface area contributed by atoms with Gasteiger partial charge < -0.3 is 20.1 Å². The number of amides is 1. The Morgan fingerprint density at radius 1 is 1.00 bits per heavy atom. The Hall–Kier alpha value is -4.06. The number of carbonyl (C=O) groups is 2. The van der Waals surface area contributed by atoms with Crippen molar-refractivity contribution in [1.82, 2.24) is 5.32 Å². The molecule has 3 rings (SSSR count). The molecule has 3 aromatic rings. The summed E-state index contributed by atoms with van der Waals surface area (Å²) >= 11 is 0. The molecule has 1 atom stereocenters. The van der Waals surface area contributed by atoms with Gasteiger partial charge in [0, 0.05) is 24.8 Å². The molecule has 0 spiro atoms. The standard InChI is InChI=1S/C32H38N2O4/c1-5-10-26(6-2)23(3)29-18-15-27(32(36)37)19-30(29)34(21-31(35)33-4)20-24-13-16-28(17-14-24)38-22-25-11-8-7-9-12-25/h7-9,11-19,26H,3,5-6,10,20-22H2,1-2,4H3,(H,33,35)(H,36,37). The van der Waals surface area contributed by atoms with Crippen molar-refractivity contribution in [3.05, 3.63) is 102 Å². The van der Waals surface area contributed by atoms with Crippen molar-refractivity contribution in [2.75, 3.05) is 18.5 Å². The minimum absolute atomic E-state index is 0.0800. The van der Waals surface area contributed by atoms with Crippen molar-refractivity contribution in [2.24, 2.45) is 5.92 Å². The van der Waals surface area contributed by atoms with Crippen molar-refractivity contribution in [2.45, 2.75) is 46.3 Å².